The highest BCUT2D eigenvalue weighted by atomic mass is 32.1. The van der Waals surface area contributed by atoms with Crippen LogP contribution in [0.5, 0.6) is 0 Å². The van der Waals surface area contributed by atoms with E-state index in [0.29, 0.717) is 6.42 Å². The lowest BCUT2D eigenvalue weighted by molar-refractivity contribution is -0.107. The molecule has 0 aromatic carbocycles. The number of hydrogen-bond acceptors (Lipinski definition) is 3. The molecule has 1 rings (SSSR count). The molecule has 0 fully saturated rings. The van der Waals surface area contributed by atoms with Crippen LogP contribution in [0.3, 0.4) is 0 Å². The van der Waals surface area contributed by atoms with E-state index in [4.69, 9.17) is 0 Å². The van der Waals surface area contributed by atoms with Gasteiger partial charge in [0.1, 0.15) is 6.29 Å². The molecule has 0 unspecified atom stereocenters. The number of hydrogen-bond donors (Lipinski definition) is 0. The summed E-state index contributed by atoms with van der Waals surface area (Å²) in [6.07, 6.45) is 3.15. The average Bonchev–Trinajstić information content (AvgIpc) is 2.17. The lowest BCUT2D eigenvalue weighted by Crippen LogP contribution is -1.76. The first kappa shape index (κ1) is 6.42. The van der Waals surface area contributed by atoms with Gasteiger partial charge in [-0.2, -0.15) is 0 Å². The summed E-state index contributed by atoms with van der Waals surface area (Å²) in [4.78, 5) is 15.0. The molecule has 0 aliphatic heterocycles. The van der Waals surface area contributed by atoms with Crippen LogP contribution in [0.4, 0.5) is 0 Å². The van der Waals surface area contributed by atoms with Crippen LogP contribution in [0.1, 0.15) is 9.88 Å². The molecule has 1 aromatic rings. The van der Waals surface area contributed by atoms with Crippen molar-refractivity contribution < 1.29 is 4.79 Å². The standard InChI is InChI=1S/C6H7NOS/c1-5-7-4-6(9-5)2-3-8/h3-4H,2H2,1H3. The topological polar surface area (TPSA) is 30.0 Å². The highest BCUT2D eigenvalue weighted by molar-refractivity contribution is 7.11. The summed E-state index contributed by atoms with van der Waals surface area (Å²) >= 11 is 1.57. The maximum atomic E-state index is 9.96. The van der Waals surface area contributed by atoms with E-state index in [1.54, 1.807) is 17.5 Å². The Kier molecular flexibility index (Phi) is 1.95. The minimum Gasteiger partial charge on any atom is -0.303 e. The monoisotopic (exact) mass is 141 g/mol. The molecule has 0 N–H and O–H groups in total. The quantitative estimate of drug-likeness (QED) is 0.579. The molecule has 9 heavy (non-hydrogen) atoms. The molecule has 1 aromatic heterocycles. The summed E-state index contributed by atoms with van der Waals surface area (Å²) in [7, 11) is 0. The fraction of sp³-hybridized carbons (Fsp3) is 0.333. The van der Waals surface area contributed by atoms with Gasteiger partial charge < -0.3 is 4.79 Å². The predicted octanol–water partition coefficient (Wildman–Crippen LogP) is 1.19. The van der Waals surface area contributed by atoms with Gasteiger partial charge in [0, 0.05) is 17.5 Å². The van der Waals surface area contributed by atoms with Crippen molar-refractivity contribution in [2.45, 2.75) is 13.3 Å². The molecule has 0 atom stereocenters. The normalized spacial score (nSPS) is 9.44. The molecule has 1 heterocycles. The third-order valence-electron chi connectivity index (χ3n) is 0.954. The van der Waals surface area contributed by atoms with E-state index in [2.05, 4.69) is 4.98 Å². The first-order valence-electron chi connectivity index (χ1n) is 2.68. The Morgan fingerprint density at radius 1 is 1.89 bits per heavy atom. The van der Waals surface area contributed by atoms with Crippen LogP contribution < -0.4 is 0 Å². The van der Waals surface area contributed by atoms with Crippen LogP contribution in [-0.4, -0.2) is 11.3 Å². The molecular weight excluding hydrogens is 134 g/mol. The van der Waals surface area contributed by atoms with Crippen LogP contribution in [0.15, 0.2) is 6.20 Å². The van der Waals surface area contributed by atoms with E-state index < -0.39 is 0 Å². The van der Waals surface area contributed by atoms with Crippen molar-refractivity contribution in [3.63, 3.8) is 0 Å². The van der Waals surface area contributed by atoms with Crippen LogP contribution in [0.2, 0.25) is 0 Å². The number of aryl methyl sites for hydroxylation is 1. The summed E-state index contributed by atoms with van der Waals surface area (Å²) in [6.45, 7) is 1.93. The Hall–Kier alpha value is -0.700. The first-order valence-corrected chi connectivity index (χ1v) is 3.49. The van der Waals surface area contributed by atoms with Crippen molar-refractivity contribution in [1.82, 2.24) is 4.98 Å². The van der Waals surface area contributed by atoms with Gasteiger partial charge in [-0.3, -0.25) is 0 Å². The van der Waals surface area contributed by atoms with E-state index in [-0.39, 0.29) is 0 Å². The Balaban J connectivity index is 2.72. The van der Waals surface area contributed by atoms with E-state index in [1.807, 2.05) is 6.92 Å². The van der Waals surface area contributed by atoms with Crippen molar-refractivity contribution in [2.75, 3.05) is 0 Å². The van der Waals surface area contributed by atoms with Crippen molar-refractivity contribution in [1.29, 1.82) is 0 Å². The number of aromatic nitrogens is 1. The van der Waals surface area contributed by atoms with Gasteiger partial charge in [-0.25, -0.2) is 4.98 Å². The Morgan fingerprint density at radius 2 is 2.67 bits per heavy atom. The van der Waals surface area contributed by atoms with Gasteiger partial charge in [-0.05, 0) is 6.92 Å². The van der Waals surface area contributed by atoms with Gasteiger partial charge in [0.25, 0.3) is 0 Å². The number of rotatable bonds is 2. The van der Waals surface area contributed by atoms with Gasteiger partial charge >= 0.3 is 0 Å². The molecule has 0 spiro atoms. The zero-order valence-corrected chi connectivity index (χ0v) is 5.94. The van der Waals surface area contributed by atoms with Crippen molar-refractivity contribution in [3.8, 4) is 0 Å². The highest BCUT2D eigenvalue weighted by Crippen LogP contribution is 2.10. The van der Waals surface area contributed by atoms with E-state index in [0.717, 1.165) is 16.2 Å². The molecule has 0 saturated carbocycles. The third kappa shape index (κ3) is 1.61. The van der Waals surface area contributed by atoms with Crippen LogP contribution in [0.25, 0.3) is 0 Å². The lowest BCUT2D eigenvalue weighted by atomic mass is 10.4. The molecule has 0 bridgehead atoms. The van der Waals surface area contributed by atoms with Gasteiger partial charge in [-0.15, -0.1) is 11.3 Å². The highest BCUT2D eigenvalue weighted by Gasteiger charge is 1.94. The summed E-state index contributed by atoms with van der Waals surface area (Å²) in [5, 5.41) is 1.02. The SMILES string of the molecule is Cc1ncc(CC=O)s1. The molecule has 2 nitrogen and oxygen atoms in total. The van der Waals surface area contributed by atoms with E-state index in [9.17, 15) is 4.79 Å². The number of nitrogens with zero attached hydrogens (tertiary/aromatic N) is 1. The fourth-order valence-corrected chi connectivity index (χ4v) is 1.32. The van der Waals surface area contributed by atoms with E-state index >= 15 is 0 Å². The minimum atomic E-state index is 0.505. The molecule has 0 aliphatic rings. The Labute approximate surface area is 57.5 Å². The van der Waals surface area contributed by atoms with E-state index in [1.165, 1.54) is 0 Å². The fourth-order valence-electron chi connectivity index (χ4n) is 0.582. The van der Waals surface area contributed by atoms with Crippen LogP contribution in [0, 0.1) is 6.92 Å². The molecular formula is C6H7NOS. The summed E-state index contributed by atoms with van der Waals surface area (Å²) in [5.74, 6) is 0. The number of carbonyl (C=O) groups excluding carboxylic acids is 1. The van der Waals surface area contributed by atoms with Crippen LogP contribution >= 0.6 is 11.3 Å². The second-order valence-electron chi connectivity index (χ2n) is 1.72. The Morgan fingerprint density at radius 3 is 3.11 bits per heavy atom. The maximum Gasteiger partial charge on any atom is 0.125 e. The first-order chi connectivity index (χ1) is 4.33. The summed E-state index contributed by atoms with van der Waals surface area (Å²) < 4.78 is 0. The minimum absolute atomic E-state index is 0.505. The van der Waals surface area contributed by atoms with Gasteiger partial charge in [0.05, 0.1) is 5.01 Å². The molecule has 3 heteroatoms. The smallest absolute Gasteiger partial charge is 0.125 e. The number of thiazole rings is 1. The molecule has 0 amide bonds. The Bertz CT molecular complexity index is 207. The number of aldehydes is 1. The van der Waals surface area contributed by atoms with Gasteiger partial charge in [0.15, 0.2) is 0 Å². The van der Waals surface area contributed by atoms with Crippen molar-refractivity contribution in [2.24, 2.45) is 0 Å². The predicted molar refractivity (Wildman–Crippen MR) is 36.6 cm³/mol. The molecule has 0 radical (unpaired) electrons. The van der Waals surface area contributed by atoms with Gasteiger partial charge in [-0.1, -0.05) is 0 Å². The largest absolute Gasteiger partial charge is 0.303 e. The molecule has 0 aliphatic carbocycles. The van der Waals surface area contributed by atoms with Crippen LogP contribution in [-0.2, 0) is 11.2 Å². The molecule has 0 saturated heterocycles. The average molecular weight is 141 g/mol. The summed E-state index contributed by atoms with van der Waals surface area (Å²) in [6, 6.07) is 0. The summed E-state index contributed by atoms with van der Waals surface area (Å²) in [5.41, 5.74) is 0. The molecule has 48 valence electrons. The van der Waals surface area contributed by atoms with Crippen molar-refractivity contribution >= 4 is 17.6 Å². The third-order valence-corrected chi connectivity index (χ3v) is 1.89. The zero-order chi connectivity index (χ0) is 6.69. The lowest BCUT2D eigenvalue weighted by Gasteiger charge is -1.77. The van der Waals surface area contributed by atoms with Crippen molar-refractivity contribution in [3.05, 3.63) is 16.1 Å². The number of carbonyl (C=O) groups is 1. The van der Waals surface area contributed by atoms with Gasteiger partial charge in [0.2, 0.25) is 0 Å². The second-order valence-corrected chi connectivity index (χ2v) is 3.04. The maximum absolute atomic E-state index is 9.96. The zero-order valence-electron chi connectivity index (χ0n) is 5.13. The second kappa shape index (κ2) is 2.73.